The highest BCUT2D eigenvalue weighted by atomic mass is 35.5. The van der Waals surface area contributed by atoms with E-state index in [0.717, 1.165) is 16.9 Å². The summed E-state index contributed by atoms with van der Waals surface area (Å²) in [6.45, 7) is 0.956. The van der Waals surface area contributed by atoms with E-state index >= 15 is 0 Å². The number of hydrogen-bond donors (Lipinski definition) is 1. The number of halogens is 1. The molecule has 0 aliphatic heterocycles. The Labute approximate surface area is 131 Å². The Morgan fingerprint density at radius 1 is 1.19 bits per heavy atom. The van der Waals surface area contributed by atoms with Crippen molar-refractivity contribution in [1.82, 2.24) is 5.16 Å². The van der Waals surface area contributed by atoms with Crippen LogP contribution in [0.15, 0.2) is 34.9 Å². The number of benzene rings is 1. The second-order valence-corrected chi connectivity index (χ2v) is 5.22. The lowest BCUT2D eigenvalue weighted by Gasteiger charge is -2.11. The zero-order chi connectivity index (χ0) is 13.8. The monoisotopic (exact) mass is 308 g/mol. The second kappa shape index (κ2) is 7.48. The van der Waals surface area contributed by atoms with Crippen LogP contribution in [0.2, 0.25) is 0 Å². The van der Waals surface area contributed by atoms with E-state index in [-0.39, 0.29) is 12.4 Å². The van der Waals surface area contributed by atoms with Crippen molar-refractivity contribution in [3.05, 3.63) is 35.9 Å². The molecule has 1 aromatic heterocycles. The largest absolute Gasteiger partial charge is 0.474 e. The molecule has 1 aromatic carbocycles. The normalized spacial score (nSPS) is 14.9. The third-order valence-corrected chi connectivity index (χ3v) is 3.85. The fourth-order valence-corrected chi connectivity index (χ4v) is 2.91. The molecule has 0 saturated heterocycles. The lowest BCUT2D eigenvalue weighted by atomic mass is 9.95. The molecule has 0 radical (unpaired) electrons. The van der Waals surface area contributed by atoms with Crippen LogP contribution in [0.25, 0.3) is 11.3 Å². The SMILES string of the molecule is Cl.NCCOc1noc(-c2ccccc2)c1C1CCCC1. The van der Waals surface area contributed by atoms with E-state index in [2.05, 4.69) is 5.16 Å². The maximum Gasteiger partial charge on any atom is 0.258 e. The summed E-state index contributed by atoms with van der Waals surface area (Å²) in [6, 6.07) is 10.1. The first-order valence-electron chi connectivity index (χ1n) is 7.28. The van der Waals surface area contributed by atoms with E-state index in [1.54, 1.807) is 0 Å². The number of nitrogens with zero attached hydrogens (tertiary/aromatic N) is 1. The van der Waals surface area contributed by atoms with Gasteiger partial charge in [-0.15, -0.1) is 12.4 Å². The zero-order valence-electron chi connectivity index (χ0n) is 12.0. The van der Waals surface area contributed by atoms with E-state index in [1.165, 1.54) is 25.7 Å². The molecule has 21 heavy (non-hydrogen) atoms. The third kappa shape index (κ3) is 3.39. The smallest absolute Gasteiger partial charge is 0.258 e. The molecule has 0 amide bonds. The van der Waals surface area contributed by atoms with E-state index in [4.69, 9.17) is 15.0 Å². The Hall–Kier alpha value is -1.52. The number of rotatable bonds is 5. The number of nitrogens with two attached hydrogens (primary N) is 1. The Morgan fingerprint density at radius 2 is 1.90 bits per heavy atom. The molecule has 2 aromatic rings. The molecule has 1 aliphatic carbocycles. The fourth-order valence-electron chi connectivity index (χ4n) is 2.91. The summed E-state index contributed by atoms with van der Waals surface area (Å²) in [5.41, 5.74) is 7.70. The van der Waals surface area contributed by atoms with Gasteiger partial charge in [-0.25, -0.2) is 0 Å². The minimum atomic E-state index is 0. The van der Waals surface area contributed by atoms with Crippen LogP contribution in [0.5, 0.6) is 5.88 Å². The molecule has 5 heteroatoms. The van der Waals surface area contributed by atoms with Gasteiger partial charge in [0.05, 0.1) is 5.56 Å². The standard InChI is InChI=1S/C16H20N2O2.ClH/c17-10-11-19-16-14(12-6-4-5-7-12)15(20-18-16)13-8-2-1-3-9-13;/h1-3,8-9,12H,4-7,10-11,17H2;1H. The van der Waals surface area contributed by atoms with Crippen LogP contribution in [0.1, 0.15) is 37.2 Å². The van der Waals surface area contributed by atoms with Crippen molar-refractivity contribution in [3.8, 4) is 17.2 Å². The topological polar surface area (TPSA) is 61.3 Å². The Kier molecular flexibility index (Phi) is 5.65. The van der Waals surface area contributed by atoms with Crippen molar-refractivity contribution in [2.75, 3.05) is 13.2 Å². The lowest BCUT2D eigenvalue weighted by molar-refractivity contribution is 0.286. The van der Waals surface area contributed by atoms with Crippen molar-refractivity contribution >= 4 is 12.4 Å². The van der Waals surface area contributed by atoms with Gasteiger partial charge in [-0.05, 0) is 23.9 Å². The minimum Gasteiger partial charge on any atom is -0.474 e. The molecular formula is C16H21ClN2O2. The number of ether oxygens (including phenoxy) is 1. The summed E-state index contributed by atoms with van der Waals surface area (Å²) in [5, 5.41) is 4.12. The molecule has 0 unspecified atom stereocenters. The molecule has 3 rings (SSSR count). The van der Waals surface area contributed by atoms with Crippen molar-refractivity contribution in [3.63, 3.8) is 0 Å². The van der Waals surface area contributed by atoms with Crippen molar-refractivity contribution in [2.24, 2.45) is 5.73 Å². The van der Waals surface area contributed by atoms with E-state index in [1.807, 2.05) is 30.3 Å². The number of aromatic nitrogens is 1. The minimum absolute atomic E-state index is 0. The highest BCUT2D eigenvalue weighted by Crippen LogP contribution is 2.43. The van der Waals surface area contributed by atoms with Crippen LogP contribution in [-0.4, -0.2) is 18.3 Å². The van der Waals surface area contributed by atoms with Gasteiger partial charge in [-0.1, -0.05) is 43.2 Å². The fraction of sp³-hybridized carbons (Fsp3) is 0.438. The van der Waals surface area contributed by atoms with Crippen molar-refractivity contribution in [1.29, 1.82) is 0 Å². The van der Waals surface area contributed by atoms with Crippen LogP contribution in [0.4, 0.5) is 0 Å². The zero-order valence-corrected chi connectivity index (χ0v) is 12.8. The van der Waals surface area contributed by atoms with Crippen LogP contribution in [-0.2, 0) is 0 Å². The average Bonchev–Trinajstić information content (AvgIpc) is 3.14. The molecule has 114 valence electrons. The van der Waals surface area contributed by atoms with Crippen LogP contribution >= 0.6 is 12.4 Å². The third-order valence-electron chi connectivity index (χ3n) is 3.85. The quantitative estimate of drug-likeness (QED) is 0.913. The van der Waals surface area contributed by atoms with Gasteiger partial charge < -0.3 is 15.0 Å². The molecule has 1 heterocycles. The molecular weight excluding hydrogens is 288 g/mol. The summed E-state index contributed by atoms with van der Waals surface area (Å²) in [4.78, 5) is 0. The predicted octanol–water partition coefficient (Wildman–Crippen LogP) is 3.76. The van der Waals surface area contributed by atoms with Gasteiger partial charge in [0.1, 0.15) is 6.61 Å². The van der Waals surface area contributed by atoms with E-state index in [9.17, 15) is 0 Å². The Balaban J connectivity index is 0.00000161. The molecule has 2 N–H and O–H groups in total. The molecule has 0 spiro atoms. The average molecular weight is 309 g/mol. The van der Waals surface area contributed by atoms with E-state index in [0.29, 0.717) is 24.9 Å². The highest BCUT2D eigenvalue weighted by molar-refractivity contribution is 5.85. The summed E-state index contributed by atoms with van der Waals surface area (Å²) in [6.07, 6.45) is 4.89. The summed E-state index contributed by atoms with van der Waals surface area (Å²) >= 11 is 0. The summed E-state index contributed by atoms with van der Waals surface area (Å²) < 4.78 is 11.2. The second-order valence-electron chi connectivity index (χ2n) is 5.22. The Bertz CT molecular complexity index is 551. The lowest BCUT2D eigenvalue weighted by Crippen LogP contribution is -2.12. The molecule has 4 nitrogen and oxygen atoms in total. The maximum absolute atomic E-state index is 5.67. The number of hydrogen-bond acceptors (Lipinski definition) is 4. The van der Waals surface area contributed by atoms with E-state index < -0.39 is 0 Å². The van der Waals surface area contributed by atoms with Gasteiger partial charge in [0.2, 0.25) is 0 Å². The van der Waals surface area contributed by atoms with Gasteiger partial charge >= 0.3 is 0 Å². The van der Waals surface area contributed by atoms with Crippen LogP contribution < -0.4 is 10.5 Å². The molecule has 1 fully saturated rings. The molecule has 1 saturated carbocycles. The van der Waals surface area contributed by atoms with Gasteiger partial charge in [0, 0.05) is 12.1 Å². The predicted molar refractivity (Wildman–Crippen MR) is 84.9 cm³/mol. The summed E-state index contributed by atoms with van der Waals surface area (Å²) in [7, 11) is 0. The van der Waals surface area contributed by atoms with Gasteiger partial charge in [-0.3, -0.25) is 0 Å². The summed E-state index contributed by atoms with van der Waals surface area (Å²) in [5.74, 6) is 1.97. The van der Waals surface area contributed by atoms with Gasteiger partial charge in [0.25, 0.3) is 5.88 Å². The van der Waals surface area contributed by atoms with Gasteiger partial charge in [0.15, 0.2) is 5.76 Å². The van der Waals surface area contributed by atoms with Crippen LogP contribution in [0, 0.1) is 0 Å². The van der Waals surface area contributed by atoms with Crippen molar-refractivity contribution in [2.45, 2.75) is 31.6 Å². The van der Waals surface area contributed by atoms with Crippen LogP contribution in [0.3, 0.4) is 0 Å². The van der Waals surface area contributed by atoms with Gasteiger partial charge in [-0.2, -0.15) is 0 Å². The van der Waals surface area contributed by atoms with Crippen molar-refractivity contribution < 1.29 is 9.26 Å². The highest BCUT2D eigenvalue weighted by Gasteiger charge is 2.28. The molecule has 0 bridgehead atoms. The molecule has 0 atom stereocenters. The molecule has 1 aliphatic rings. The Morgan fingerprint density at radius 3 is 2.57 bits per heavy atom. The maximum atomic E-state index is 5.67. The first kappa shape index (κ1) is 15.9. The first-order valence-corrected chi connectivity index (χ1v) is 7.28. The first-order chi connectivity index (χ1) is 9.90.